The van der Waals surface area contributed by atoms with E-state index in [1.54, 1.807) is 18.2 Å². The van der Waals surface area contributed by atoms with Crippen LogP contribution in [0, 0.1) is 13.8 Å². The van der Waals surface area contributed by atoms with Crippen molar-refractivity contribution < 1.29 is 28.5 Å². The molecule has 0 spiro atoms. The number of nitrogens with zero attached hydrogens (tertiary/aromatic N) is 1. The standard InChI is InChI=1S/C22H25NO6/c1-14-10-17(15(2)23(14)11-16-6-5-9-26-16)18(24)12-28-22(25)21-13-27-19-7-3-4-8-20(19)29-21/h3-4,7-8,10,16,21H,5-6,9,11-13H2,1-2H3/t16-,21-/m0/s1. The fraction of sp³-hybridized carbons (Fsp3) is 0.455. The van der Waals surface area contributed by atoms with Crippen LogP contribution in [0.5, 0.6) is 11.5 Å². The van der Waals surface area contributed by atoms with Crippen LogP contribution in [0.3, 0.4) is 0 Å². The molecule has 7 nitrogen and oxygen atoms in total. The van der Waals surface area contributed by atoms with Crippen molar-refractivity contribution >= 4 is 11.8 Å². The molecule has 4 rings (SSSR count). The Labute approximate surface area is 169 Å². The fourth-order valence-electron chi connectivity index (χ4n) is 3.80. The lowest BCUT2D eigenvalue weighted by molar-refractivity contribution is -0.153. The van der Waals surface area contributed by atoms with Gasteiger partial charge in [-0.05, 0) is 44.9 Å². The third-order valence-electron chi connectivity index (χ3n) is 5.40. The van der Waals surface area contributed by atoms with Crippen molar-refractivity contribution in [2.24, 2.45) is 0 Å². The van der Waals surface area contributed by atoms with Crippen LogP contribution in [-0.2, 0) is 20.8 Å². The second-order valence-electron chi connectivity index (χ2n) is 7.43. The Hall–Kier alpha value is -2.80. The van der Waals surface area contributed by atoms with Gasteiger partial charge in [-0.1, -0.05) is 12.1 Å². The Morgan fingerprint density at radius 1 is 1.21 bits per heavy atom. The zero-order chi connectivity index (χ0) is 20.4. The van der Waals surface area contributed by atoms with Gasteiger partial charge in [0.1, 0.15) is 6.61 Å². The van der Waals surface area contributed by atoms with E-state index in [-0.39, 0.29) is 25.1 Å². The van der Waals surface area contributed by atoms with Gasteiger partial charge in [0.25, 0.3) is 0 Å². The molecule has 0 bridgehead atoms. The summed E-state index contributed by atoms with van der Waals surface area (Å²) in [6, 6.07) is 8.97. The molecular formula is C22H25NO6. The van der Waals surface area contributed by atoms with Gasteiger partial charge in [0.05, 0.1) is 6.10 Å². The molecule has 0 saturated carbocycles. The Bertz CT molecular complexity index is 912. The lowest BCUT2D eigenvalue weighted by atomic mass is 10.1. The number of rotatable bonds is 6. The summed E-state index contributed by atoms with van der Waals surface area (Å²) in [5.74, 6) is 0.235. The van der Waals surface area contributed by atoms with E-state index in [1.165, 1.54) is 0 Å². The number of benzene rings is 1. The summed E-state index contributed by atoms with van der Waals surface area (Å²) >= 11 is 0. The summed E-state index contributed by atoms with van der Waals surface area (Å²) < 4.78 is 24.2. The van der Waals surface area contributed by atoms with Crippen molar-refractivity contribution in [3.05, 3.63) is 47.3 Å². The Balaban J connectivity index is 1.35. The van der Waals surface area contributed by atoms with Crippen LogP contribution in [0.15, 0.2) is 30.3 Å². The number of para-hydroxylation sites is 2. The Morgan fingerprint density at radius 3 is 2.76 bits per heavy atom. The predicted octanol–water partition coefficient (Wildman–Crippen LogP) is 2.85. The molecule has 29 heavy (non-hydrogen) atoms. The first kappa shape index (κ1) is 19.5. The zero-order valence-electron chi connectivity index (χ0n) is 16.7. The Morgan fingerprint density at radius 2 is 2.00 bits per heavy atom. The molecule has 0 N–H and O–H groups in total. The number of aromatic nitrogens is 1. The number of carbonyl (C=O) groups excluding carboxylic acids is 2. The first-order valence-electron chi connectivity index (χ1n) is 9.89. The molecule has 1 aromatic carbocycles. The highest BCUT2D eigenvalue weighted by molar-refractivity contribution is 5.99. The number of carbonyl (C=O) groups is 2. The largest absolute Gasteiger partial charge is 0.485 e. The molecule has 1 aromatic heterocycles. The minimum atomic E-state index is -0.885. The monoisotopic (exact) mass is 399 g/mol. The van der Waals surface area contributed by atoms with Crippen molar-refractivity contribution in [3.63, 3.8) is 0 Å². The lowest BCUT2D eigenvalue weighted by Gasteiger charge is -2.24. The highest BCUT2D eigenvalue weighted by Crippen LogP contribution is 2.31. The quantitative estimate of drug-likeness (QED) is 0.549. The van der Waals surface area contributed by atoms with Gasteiger partial charge in [0.2, 0.25) is 11.9 Å². The van der Waals surface area contributed by atoms with Crippen LogP contribution in [0.25, 0.3) is 0 Å². The van der Waals surface area contributed by atoms with E-state index >= 15 is 0 Å². The molecule has 2 atom stereocenters. The van der Waals surface area contributed by atoms with Crippen LogP contribution < -0.4 is 9.47 Å². The highest BCUT2D eigenvalue weighted by Gasteiger charge is 2.29. The summed E-state index contributed by atoms with van der Waals surface area (Å²) in [6.07, 6.45) is 1.41. The van der Waals surface area contributed by atoms with Crippen molar-refractivity contribution in [1.82, 2.24) is 4.57 Å². The molecule has 1 saturated heterocycles. The predicted molar refractivity (Wildman–Crippen MR) is 105 cm³/mol. The lowest BCUT2D eigenvalue weighted by Crippen LogP contribution is -2.38. The molecule has 0 aliphatic carbocycles. The van der Waals surface area contributed by atoms with E-state index < -0.39 is 12.1 Å². The summed E-state index contributed by atoms with van der Waals surface area (Å²) in [5, 5.41) is 0. The molecule has 7 heteroatoms. The highest BCUT2D eigenvalue weighted by atomic mass is 16.6. The summed E-state index contributed by atoms with van der Waals surface area (Å²) in [7, 11) is 0. The fourth-order valence-corrected chi connectivity index (χ4v) is 3.80. The topological polar surface area (TPSA) is 76.0 Å². The van der Waals surface area contributed by atoms with Crippen molar-refractivity contribution in [1.29, 1.82) is 0 Å². The SMILES string of the molecule is Cc1cc(C(=O)COC(=O)[C@@H]2COc3ccccc3O2)c(C)n1C[C@@H]1CCCO1. The maximum atomic E-state index is 12.7. The molecule has 154 valence electrons. The van der Waals surface area contributed by atoms with Gasteiger partial charge in [-0.2, -0.15) is 0 Å². The van der Waals surface area contributed by atoms with Crippen molar-refractivity contribution in [2.75, 3.05) is 19.8 Å². The normalized spacial score (nSPS) is 20.5. The van der Waals surface area contributed by atoms with Gasteiger partial charge < -0.3 is 23.5 Å². The third kappa shape index (κ3) is 4.15. The molecule has 0 amide bonds. The van der Waals surface area contributed by atoms with Gasteiger partial charge in [-0.3, -0.25) is 4.79 Å². The van der Waals surface area contributed by atoms with Crippen LogP contribution in [0.2, 0.25) is 0 Å². The molecular weight excluding hydrogens is 374 g/mol. The van der Waals surface area contributed by atoms with E-state index in [0.717, 1.165) is 37.4 Å². The minimum Gasteiger partial charge on any atom is -0.485 e. The second kappa shape index (κ2) is 8.29. The van der Waals surface area contributed by atoms with Gasteiger partial charge in [0, 0.05) is 30.1 Å². The summed E-state index contributed by atoms with van der Waals surface area (Å²) in [5.41, 5.74) is 2.43. The van der Waals surface area contributed by atoms with Crippen LogP contribution in [0.4, 0.5) is 0 Å². The zero-order valence-corrected chi connectivity index (χ0v) is 16.7. The van der Waals surface area contributed by atoms with Gasteiger partial charge in [-0.15, -0.1) is 0 Å². The third-order valence-corrected chi connectivity index (χ3v) is 5.40. The molecule has 2 aliphatic heterocycles. The van der Waals surface area contributed by atoms with Crippen LogP contribution in [0.1, 0.15) is 34.6 Å². The van der Waals surface area contributed by atoms with Gasteiger partial charge >= 0.3 is 5.97 Å². The number of ketones is 1. The molecule has 0 radical (unpaired) electrons. The number of esters is 1. The number of Topliss-reactive ketones (excluding diaryl/α,β-unsaturated/α-hetero) is 1. The van der Waals surface area contributed by atoms with Crippen LogP contribution in [-0.4, -0.2) is 48.3 Å². The van der Waals surface area contributed by atoms with E-state index in [9.17, 15) is 9.59 Å². The first-order chi connectivity index (χ1) is 14.0. The number of fused-ring (bicyclic) bond motifs is 1. The maximum Gasteiger partial charge on any atom is 0.351 e. The molecule has 1 fully saturated rings. The molecule has 2 aliphatic rings. The van der Waals surface area contributed by atoms with E-state index in [4.69, 9.17) is 18.9 Å². The van der Waals surface area contributed by atoms with Gasteiger partial charge in [0.15, 0.2) is 18.1 Å². The number of aryl methyl sites for hydroxylation is 1. The molecule has 2 aromatic rings. The number of hydrogen-bond donors (Lipinski definition) is 0. The Kier molecular flexibility index (Phi) is 5.58. The summed E-state index contributed by atoms with van der Waals surface area (Å²) in [4.78, 5) is 25.0. The van der Waals surface area contributed by atoms with E-state index in [2.05, 4.69) is 4.57 Å². The average molecular weight is 399 g/mol. The van der Waals surface area contributed by atoms with E-state index in [0.29, 0.717) is 17.1 Å². The van der Waals surface area contributed by atoms with Crippen molar-refractivity contribution in [3.8, 4) is 11.5 Å². The molecule has 0 unspecified atom stereocenters. The average Bonchev–Trinajstić information content (AvgIpc) is 3.35. The number of ether oxygens (including phenoxy) is 4. The maximum absolute atomic E-state index is 12.7. The van der Waals surface area contributed by atoms with Crippen LogP contribution >= 0.6 is 0 Å². The van der Waals surface area contributed by atoms with E-state index in [1.807, 2.05) is 26.0 Å². The molecule has 3 heterocycles. The smallest absolute Gasteiger partial charge is 0.351 e. The summed E-state index contributed by atoms with van der Waals surface area (Å²) in [6.45, 7) is 5.13. The van der Waals surface area contributed by atoms with Gasteiger partial charge in [-0.25, -0.2) is 4.79 Å². The number of hydrogen-bond acceptors (Lipinski definition) is 6. The minimum absolute atomic E-state index is 0.0555. The first-order valence-corrected chi connectivity index (χ1v) is 9.89. The van der Waals surface area contributed by atoms with Crippen molar-refractivity contribution in [2.45, 2.75) is 45.4 Å². The second-order valence-corrected chi connectivity index (χ2v) is 7.43.